The first kappa shape index (κ1) is 15.3. The van der Waals surface area contributed by atoms with Crippen molar-refractivity contribution in [2.45, 2.75) is 59.2 Å². The third kappa shape index (κ3) is 2.48. The lowest BCUT2D eigenvalue weighted by molar-refractivity contribution is 0.00495. The minimum atomic E-state index is -0.778. The predicted octanol–water partition coefficient (Wildman–Crippen LogP) is 4.34. The normalized spacial score (nSPS) is 24.9. The molecule has 0 bridgehead atoms. The van der Waals surface area contributed by atoms with Crippen LogP contribution in [0.15, 0.2) is 23.3 Å². The highest BCUT2D eigenvalue weighted by molar-refractivity contribution is 6.48. The lowest BCUT2D eigenvalue weighted by Crippen LogP contribution is -2.47. The van der Waals surface area contributed by atoms with E-state index in [0.717, 1.165) is 12.0 Å². The quantitative estimate of drug-likeness (QED) is 0.542. The second kappa shape index (κ2) is 5.07. The van der Waals surface area contributed by atoms with Crippen LogP contribution in [0.1, 0.15) is 40.5 Å². The van der Waals surface area contributed by atoms with Crippen molar-refractivity contribution in [2.24, 2.45) is 5.41 Å². The Labute approximate surface area is 114 Å². The molecule has 2 heteroatoms. The van der Waals surface area contributed by atoms with E-state index >= 15 is 0 Å². The molecule has 0 aromatic rings. The van der Waals surface area contributed by atoms with Crippen LogP contribution in [0.25, 0.3) is 0 Å². The van der Waals surface area contributed by atoms with Crippen molar-refractivity contribution in [3.63, 3.8) is 0 Å². The number of hydrogen-bond acceptors (Lipinski definition) is 1. The Morgan fingerprint density at radius 3 is 2.39 bits per heavy atom. The van der Waals surface area contributed by atoms with E-state index in [2.05, 4.69) is 53.3 Å². The lowest BCUT2D eigenvalue weighted by Gasteiger charge is -2.44. The van der Waals surface area contributed by atoms with Crippen molar-refractivity contribution in [2.75, 3.05) is 0 Å². The summed E-state index contributed by atoms with van der Waals surface area (Å²) in [4.78, 5) is 0. The van der Waals surface area contributed by atoms with Crippen LogP contribution < -0.4 is 0 Å². The smallest absolute Gasteiger partial charge is 0.206 e. The maximum absolute atomic E-state index is 6.44. The molecule has 1 rings (SSSR count). The monoisotopic (exact) mass is 261 g/mol. The van der Waals surface area contributed by atoms with Crippen LogP contribution in [-0.2, 0) is 4.43 Å². The topological polar surface area (TPSA) is 9.23 Å². The van der Waals surface area contributed by atoms with Crippen molar-refractivity contribution in [3.8, 4) is 12.3 Å². The van der Waals surface area contributed by atoms with Crippen LogP contribution >= 0.6 is 0 Å². The van der Waals surface area contributed by atoms with Gasteiger partial charge in [0.1, 0.15) is 0 Å². The van der Waals surface area contributed by atoms with Gasteiger partial charge in [-0.2, -0.15) is 0 Å². The molecule has 0 heterocycles. The molecule has 1 aliphatic carbocycles. The summed E-state index contributed by atoms with van der Waals surface area (Å²) in [5.41, 5.74) is 3.52. The summed E-state index contributed by atoms with van der Waals surface area (Å²) in [6.45, 7) is 17.5. The lowest BCUT2D eigenvalue weighted by atomic mass is 9.72. The van der Waals surface area contributed by atoms with Crippen LogP contribution in [0, 0.1) is 17.8 Å². The van der Waals surface area contributed by atoms with Crippen LogP contribution in [0.3, 0.4) is 0 Å². The number of allylic oxidation sites excluding steroid dienone is 1. The Kier molecular flexibility index (Phi) is 4.30. The van der Waals surface area contributed by atoms with E-state index < -0.39 is 9.04 Å². The van der Waals surface area contributed by atoms with E-state index in [0.29, 0.717) is 6.42 Å². The third-order valence-electron chi connectivity index (χ3n) is 3.82. The first-order chi connectivity index (χ1) is 8.15. The average molecular weight is 261 g/mol. The largest absolute Gasteiger partial charge is 0.407 e. The standard InChI is InChI=1S/C16H25OSi/c1-9-10-14-12(2)11-16(13(14)3,15(4,5)6)17-18(7)8/h1H,2,10-11H2,3-8H3/t16-/m1/s1. The third-order valence-corrected chi connectivity index (χ3v) is 4.57. The first-order valence-corrected chi connectivity index (χ1v) is 8.87. The molecular weight excluding hydrogens is 236 g/mol. The van der Waals surface area contributed by atoms with Crippen molar-refractivity contribution < 1.29 is 4.43 Å². The zero-order valence-electron chi connectivity index (χ0n) is 12.6. The highest BCUT2D eigenvalue weighted by Gasteiger charge is 2.49. The molecule has 0 spiro atoms. The van der Waals surface area contributed by atoms with E-state index in [1.807, 2.05) is 0 Å². The Morgan fingerprint density at radius 2 is 2.00 bits per heavy atom. The van der Waals surface area contributed by atoms with Crippen molar-refractivity contribution >= 4 is 9.04 Å². The molecule has 0 amide bonds. The maximum atomic E-state index is 6.44. The van der Waals surface area contributed by atoms with Gasteiger partial charge < -0.3 is 4.43 Å². The zero-order chi connectivity index (χ0) is 14.1. The Hall–Kier alpha value is -0.783. The highest BCUT2D eigenvalue weighted by atomic mass is 28.3. The Balaban J connectivity index is 3.32. The van der Waals surface area contributed by atoms with Crippen molar-refractivity contribution in [3.05, 3.63) is 23.3 Å². The summed E-state index contributed by atoms with van der Waals surface area (Å²) < 4.78 is 6.44. The fourth-order valence-corrected chi connectivity index (χ4v) is 4.08. The summed E-state index contributed by atoms with van der Waals surface area (Å²) in [7, 11) is -0.778. The van der Waals surface area contributed by atoms with Crippen LogP contribution in [-0.4, -0.2) is 14.6 Å². The van der Waals surface area contributed by atoms with Gasteiger partial charge in [0.2, 0.25) is 9.04 Å². The van der Waals surface area contributed by atoms with Gasteiger partial charge in [-0.15, -0.1) is 12.3 Å². The summed E-state index contributed by atoms with van der Waals surface area (Å²) in [6.07, 6.45) is 7.02. The van der Waals surface area contributed by atoms with Gasteiger partial charge in [0.05, 0.1) is 5.60 Å². The van der Waals surface area contributed by atoms with E-state index in [9.17, 15) is 0 Å². The summed E-state index contributed by atoms with van der Waals surface area (Å²) in [6, 6.07) is 0. The van der Waals surface area contributed by atoms with Gasteiger partial charge in [0.25, 0.3) is 0 Å². The summed E-state index contributed by atoms with van der Waals surface area (Å²) in [5, 5.41) is 0. The van der Waals surface area contributed by atoms with Gasteiger partial charge in [0, 0.05) is 12.8 Å². The predicted molar refractivity (Wildman–Crippen MR) is 80.7 cm³/mol. The highest BCUT2D eigenvalue weighted by Crippen LogP contribution is 2.52. The molecule has 0 N–H and O–H groups in total. The van der Waals surface area contributed by atoms with Gasteiger partial charge in [-0.25, -0.2) is 0 Å². The molecule has 0 aromatic heterocycles. The van der Waals surface area contributed by atoms with Gasteiger partial charge in [-0.05, 0) is 42.2 Å². The SMILES string of the molecule is C#CCC1=C(C)[C@@](O[Si](C)C)(C(C)(C)C)CC1=C. The van der Waals surface area contributed by atoms with Gasteiger partial charge in [0.15, 0.2) is 0 Å². The van der Waals surface area contributed by atoms with Crippen LogP contribution in [0.5, 0.6) is 0 Å². The Bertz CT molecular complexity index is 417. The second-order valence-corrected chi connectivity index (χ2v) is 8.37. The Morgan fingerprint density at radius 1 is 1.44 bits per heavy atom. The average Bonchev–Trinajstić information content (AvgIpc) is 2.42. The van der Waals surface area contributed by atoms with Crippen LogP contribution in [0.2, 0.25) is 13.1 Å². The minimum absolute atomic E-state index is 0.0539. The molecule has 0 saturated carbocycles. The molecule has 99 valence electrons. The molecule has 18 heavy (non-hydrogen) atoms. The molecule has 1 radical (unpaired) electrons. The first-order valence-electron chi connectivity index (χ1n) is 6.46. The number of terminal acetylenes is 1. The molecule has 0 aliphatic heterocycles. The van der Waals surface area contributed by atoms with Gasteiger partial charge in [-0.3, -0.25) is 0 Å². The zero-order valence-corrected chi connectivity index (χ0v) is 13.6. The molecular formula is C16H25OSi. The van der Waals surface area contributed by atoms with Crippen molar-refractivity contribution in [1.29, 1.82) is 0 Å². The molecule has 1 nitrogen and oxygen atoms in total. The molecule has 1 aliphatic rings. The second-order valence-electron chi connectivity index (χ2n) is 6.35. The summed E-state index contributed by atoms with van der Waals surface area (Å²) >= 11 is 0. The number of hydrogen-bond donors (Lipinski definition) is 0. The van der Waals surface area contributed by atoms with Gasteiger partial charge >= 0.3 is 0 Å². The fraction of sp³-hybridized carbons (Fsp3) is 0.625. The fourth-order valence-electron chi connectivity index (χ4n) is 2.85. The molecule has 0 aromatic carbocycles. The van der Waals surface area contributed by atoms with E-state index in [4.69, 9.17) is 10.8 Å². The molecule has 0 saturated heterocycles. The van der Waals surface area contributed by atoms with Crippen LogP contribution in [0.4, 0.5) is 0 Å². The van der Waals surface area contributed by atoms with E-state index in [1.54, 1.807) is 0 Å². The molecule has 0 fully saturated rings. The minimum Gasteiger partial charge on any atom is -0.407 e. The molecule has 1 atom stereocenters. The van der Waals surface area contributed by atoms with Gasteiger partial charge in [-0.1, -0.05) is 27.4 Å². The number of rotatable bonds is 3. The molecule has 0 unspecified atom stereocenters. The van der Waals surface area contributed by atoms with Crippen molar-refractivity contribution in [1.82, 2.24) is 0 Å². The van der Waals surface area contributed by atoms with E-state index in [-0.39, 0.29) is 11.0 Å². The van der Waals surface area contributed by atoms with E-state index in [1.165, 1.54) is 11.1 Å². The summed E-state index contributed by atoms with van der Waals surface area (Å²) in [5.74, 6) is 2.75. The maximum Gasteiger partial charge on any atom is 0.206 e.